The van der Waals surface area contributed by atoms with Crippen LogP contribution in [0.15, 0.2) is 80.6 Å². The number of amides is 4. The van der Waals surface area contributed by atoms with E-state index in [0.29, 0.717) is 16.5 Å². The summed E-state index contributed by atoms with van der Waals surface area (Å²) in [6.07, 6.45) is 1.35. The zero-order valence-corrected chi connectivity index (χ0v) is 17.2. The lowest BCUT2D eigenvalue weighted by Gasteiger charge is -2.26. The third-order valence-corrected chi connectivity index (χ3v) is 5.42. The minimum Gasteiger partial charge on any atom is -0.450 e. The predicted molar refractivity (Wildman–Crippen MR) is 114 cm³/mol. The highest BCUT2D eigenvalue weighted by Crippen LogP contribution is 2.30. The monoisotopic (exact) mass is 418 g/mol. The summed E-state index contributed by atoms with van der Waals surface area (Å²) >= 11 is 1.43. The molecule has 4 rings (SSSR count). The van der Waals surface area contributed by atoms with E-state index in [1.165, 1.54) is 23.4 Å². The van der Waals surface area contributed by atoms with E-state index in [2.05, 4.69) is 5.32 Å². The van der Waals surface area contributed by atoms with Crippen molar-refractivity contribution in [1.29, 1.82) is 0 Å². The Hall–Kier alpha value is -3.58. The number of imide groups is 2. The molecule has 0 aliphatic carbocycles. The number of rotatable bonds is 4. The second kappa shape index (κ2) is 8.04. The average molecular weight is 418 g/mol. The molecule has 2 heterocycles. The quantitative estimate of drug-likeness (QED) is 0.490. The fourth-order valence-corrected chi connectivity index (χ4v) is 3.77. The van der Waals surface area contributed by atoms with Gasteiger partial charge in [0.15, 0.2) is 5.09 Å². The molecule has 0 unspecified atom stereocenters. The summed E-state index contributed by atoms with van der Waals surface area (Å²) < 4.78 is 5.76. The zero-order chi connectivity index (χ0) is 21.3. The van der Waals surface area contributed by atoms with E-state index < -0.39 is 17.8 Å². The number of aryl methyl sites for hydroxylation is 2. The van der Waals surface area contributed by atoms with Crippen LogP contribution in [-0.4, -0.2) is 17.8 Å². The number of anilines is 1. The normalized spacial score (nSPS) is 15.6. The van der Waals surface area contributed by atoms with E-state index >= 15 is 0 Å². The molecule has 3 aromatic rings. The number of carbonyl (C=O) groups excluding carboxylic acids is 3. The van der Waals surface area contributed by atoms with Gasteiger partial charge in [-0.1, -0.05) is 41.6 Å². The Morgan fingerprint density at radius 1 is 0.933 bits per heavy atom. The molecule has 1 saturated heterocycles. The molecule has 1 aromatic heterocycles. The highest BCUT2D eigenvalue weighted by molar-refractivity contribution is 7.99. The zero-order valence-electron chi connectivity index (χ0n) is 16.3. The van der Waals surface area contributed by atoms with Crippen molar-refractivity contribution < 1.29 is 18.8 Å². The first-order valence-electron chi connectivity index (χ1n) is 9.23. The van der Waals surface area contributed by atoms with Gasteiger partial charge in [-0.2, -0.15) is 0 Å². The number of carbonyl (C=O) groups is 3. The molecule has 0 spiro atoms. The van der Waals surface area contributed by atoms with E-state index in [4.69, 9.17) is 4.42 Å². The van der Waals surface area contributed by atoms with Gasteiger partial charge in [0, 0.05) is 4.90 Å². The van der Waals surface area contributed by atoms with Gasteiger partial charge < -0.3 is 4.42 Å². The standard InChI is InChI=1S/C23H18N2O4S/c1-14-6-9-18(10-7-14)30-20-11-8-17(29-20)13-19-21(26)24-23(28)25(22(19)27)16-5-3-4-15(2)12-16/h3-13H,1-2H3,(H,24,26,28)/b19-13+. The molecule has 1 aliphatic heterocycles. The minimum atomic E-state index is -0.775. The molecule has 6 nitrogen and oxygen atoms in total. The molecule has 1 fully saturated rings. The lowest BCUT2D eigenvalue weighted by atomic mass is 10.1. The van der Waals surface area contributed by atoms with Gasteiger partial charge in [-0.15, -0.1) is 0 Å². The maximum absolute atomic E-state index is 12.9. The Bertz CT molecular complexity index is 1180. The van der Waals surface area contributed by atoms with Gasteiger partial charge in [-0.3, -0.25) is 14.9 Å². The van der Waals surface area contributed by atoms with Gasteiger partial charge in [0.1, 0.15) is 11.3 Å². The maximum Gasteiger partial charge on any atom is 0.335 e. The summed E-state index contributed by atoms with van der Waals surface area (Å²) in [5.41, 5.74) is 2.28. The number of furan rings is 1. The van der Waals surface area contributed by atoms with Crippen LogP contribution in [-0.2, 0) is 9.59 Å². The van der Waals surface area contributed by atoms with Crippen molar-refractivity contribution >= 4 is 41.4 Å². The van der Waals surface area contributed by atoms with Crippen LogP contribution in [0.25, 0.3) is 6.08 Å². The van der Waals surface area contributed by atoms with Crippen molar-refractivity contribution in [2.45, 2.75) is 23.8 Å². The van der Waals surface area contributed by atoms with Crippen LogP contribution in [0.2, 0.25) is 0 Å². The lowest BCUT2D eigenvalue weighted by molar-refractivity contribution is -0.122. The molecule has 150 valence electrons. The van der Waals surface area contributed by atoms with Gasteiger partial charge in [0.05, 0.1) is 5.69 Å². The highest BCUT2D eigenvalue weighted by atomic mass is 32.2. The van der Waals surface area contributed by atoms with E-state index in [1.807, 2.05) is 44.2 Å². The van der Waals surface area contributed by atoms with E-state index in [1.54, 1.807) is 30.3 Å². The van der Waals surface area contributed by atoms with Crippen LogP contribution >= 0.6 is 11.8 Å². The average Bonchev–Trinajstić information content (AvgIpc) is 3.14. The number of benzene rings is 2. The predicted octanol–water partition coefficient (Wildman–Crippen LogP) is 4.71. The lowest BCUT2D eigenvalue weighted by Crippen LogP contribution is -2.54. The van der Waals surface area contributed by atoms with E-state index in [-0.39, 0.29) is 5.57 Å². The molecule has 7 heteroatoms. The fourth-order valence-electron chi connectivity index (χ4n) is 2.99. The number of nitrogens with zero attached hydrogens (tertiary/aromatic N) is 1. The summed E-state index contributed by atoms with van der Waals surface area (Å²) in [7, 11) is 0. The SMILES string of the molecule is Cc1ccc(Sc2ccc(/C=C3\C(=O)NC(=O)N(c4cccc(C)c4)C3=O)o2)cc1. The molecule has 30 heavy (non-hydrogen) atoms. The highest BCUT2D eigenvalue weighted by Gasteiger charge is 2.37. The molecule has 2 aromatic carbocycles. The topological polar surface area (TPSA) is 79.6 Å². The number of hydrogen-bond acceptors (Lipinski definition) is 5. The molecular formula is C23H18N2O4S. The molecule has 1 aliphatic rings. The van der Waals surface area contributed by atoms with E-state index in [9.17, 15) is 14.4 Å². The maximum atomic E-state index is 12.9. The number of urea groups is 1. The fraction of sp³-hybridized carbons (Fsp3) is 0.0870. The minimum absolute atomic E-state index is 0.169. The van der Waals surface area contributed by atoms with Crippen LogP contribution in [0, 0.1) is 13.8 Å². The first kappa shape index (κ1) is 19.7. The van der Waals surface area contributed by atoms with Crippen LogP contribution in [0.3, 0.4) is 0 Å². The molecule has 0 radical (unpaired) electrons. The van der Waals surface area contributed by atoms with Gasteiger partial charge in [-0.05, 0) is 61.9 Å². The van der Waals surface area contributed by atoms with Crippen LogP contribution < -0.4 is 10.2 Å². The first-order chi connectivity index (χ1) is 14.4. The molecular weight excluding hydrogens is 400 g/mol. The van der Waals surface area contributed by atoms with Crippen molar-refractivity contribution in [3.63, 3.8) is 0 Å². The Labute approximate surface area is 177 Å². The van der Waals surface area contributed by atoms with Crippen LogP contribution in [0.5, 0.6) is 0 Å². The molecule has 0 bridgehead atoms. The molecule has 0 atom stereocenters. The van der Waals surface area contributed by atoms with Crippen molar-refractivity contribution in [2.75, 3.05) is 4.90 Å². The molecule has 4 amide bonds. The van der Waals surface area contributed by atoms with Gasteiger partial charge in [-0.25, -0.2) is 9.69 Å². The van der Waals surface area contributed by atoms with E-state index in [0.717, 1.165) is 15.4 Å². The molecule has 0 saturated carbocycles. The second-order valence-corrected chi connectivity index (χ2v) is 7.95. The largest absolute Gasteiger partial charge is 0.450 e. The van der Waals surface area contributed by atoms with Crippen LogP contribution in [0.4, 0.5) is 10.5 Å². The molecule has 1 N–H and O–H groups in total. The number of nitrogens with one attached hydrogen (secondary N) is 1. The van der Waals surface area contributed by atoms with Crippen molar-refractivity contribution in [1.82, 2.24) is 5.32 Å². The van der Waals surface area contributed by atoms with Crippen molar-refractivity contribution in [2.24, 2.45) is 0 Å². The third kappa shape index (κ3) is 4.06. The van der Waals surface area contributed by atoms with Crippen molar-refractivity contribution in [3.8, 4) is 0 Å². The summed E-state index contributed by atoms with van der Waals surface area (Å²) in [6, 6.07) is 17.6. The first-order valence-corrected chi connectivity index (χ1v) is 10.0. The summed E-state index contributed by atoms with van der Waals surface area (Å²) in [5, 5.41) is 2.84. The second-order valence-electron chi connectivity index (χ2n) is 6.87. The Morgan fingerprint density at radius 3 is 2.43 bits per heavy atom. The number of hydrogen-bond donors (Lipinski definition) is 1. The Balaban J connectivity index is 1.60. The third-order valence-electron chi connectivity index (χ3n) is 4.49. The van der Waals surface area contributed by atoms with Gasteiger partial charge in [0.2, 0.25) is 0 Å². The van der Waals surface area contributed by atoms with Crippen LogP contribution in [0.1, 0.15) is 16.9 Å². The van der Waals surface area contributed by atoms with Crippen molar-refractivity contribution in [3.05, 3.63) is 83.1 Å². The summed E-state index contributed by atoms with van der Waals surface area (Å²) in [6.45, 7) is 3.87. The Morgan fingerprint density at radius 2 is 1.70 bits per heavy atom. The van der Waals surface area contributed by atoms with Gasteiger partial charge >= 0.3 is 6.03 Å². The summed E-state index contributed by atoms with van der Waals surface area (Å²) in [5.74, 6) is -1.10. The van der Waals surface area contributed by atoms with Gasteiger partial charge in [0.25, 0.3) is 11.8 Å². The number of barbiturate groups is 1. The Kier molecular flexibility index (Phi) is 5.29. The smallest absolute Gasteiger partial charge is 0.335 e. The summed E-state index contributed by atoms with van der Waals surface area (Å²) in [4.78, 5) is 39.5.